The maximum Gasteiger partial charge on any atom is 0.426 e. The Labute approximate surface area is 310 Å². The fourth-order valence-electron chi connectivity index (χ4n) is 8.15. The van der Waals surface area contributed by atoms with Gasteiger partial charge in [-0.1, -0.05) is 13.2 Å². The second-order valence-electron chi connectivity index (χ2n) is 14.5. The Kier molecular flexibility index (Phi) is 13.2. The number of fused-ring (bicyclic) bond motifs is 1. The molecule has 57 heavy (non-hydrogen) atoms. The first-order valence-corrected chi connectivity index (χ1v) is 16.6. The molecule has 0 saturated heterocycles. The molecule has 6 unspecified atom stereocenters. The molecular weight excluding hydrogens is 838 g/mol. The Morgan fingerprint density at radius 1 is 0.561 bits per heavy atom. The first-order chi connectivity index (χ1) is 25.4. The molecule has 0 aromatic carbocycles. The van der Waals surface area contributed by atoms with Crippen molar-refractivity contribution in [3.63, 3.8) is 0 Å². The number of hydrogen-bond acceptors (Lipinski definition) is 7. The van der Waals surface area contributed by atoms with Gasteiger partial charge in [0, 0.05) is 23.3 Å². The number of esters is 2. The van der Waals surface area contributed by atoms with E-state index in [0.717, 1.165) is 0 Å². The Morgan fingerprint density at radius 2 is 1.00 bits per heavy atom. The molecule has 3 saturated carbocycles. The third-order valence-corrected chi connectivity index (χ3v) is 11.0. The summed E-state index contributed by atoms with van der Waals surface area (Å²) in [6, 6.07) is 0. The van der Waals surface area contributed by atoms with Crippen molar-refractivity contribution in [1.82, 2.24) is 0 Å². The summed E-state index contributed by atoms with van der Waals surface area (Å²) in [4.78, 5) is 24.8. The van der Waals surface area contributed by atoms with Crippen molar-refractivity contribution < 1.29 is 113 Å². The fraction of sp³-hybridized carbons (Fsp3) is 0.812. The van der Waals surface area contributed by atoms with E-state index in [4.69, 9.17) is 4.74 Å². The van der Waals surface area contributed by atoms with E-state index in [1.54, 1.807) is 0 Å². The average molecular weight is 873 g/mol. The van der Waals surface area contributed by atoms with Crippen molar-refractivity contribution in [2.24, 2.45) is 29.6 Å². The number of aliphatic hydroxyl groups is 2. The van der Waals surface area contributed by atoms with Gasteiger partial charge in [0.1, 0.15) is 12.2 Å². The van der Waals surface area contributed by atoms with E-state index in [2.05, 4.69) is 22.6 Å². The molecule has 6 atom stereocenters. The van der Waals surface area contributed by atoms with Crippen molar-refractivity contribution in [3.8, 4) is 0 Å². The molecular formula is C32H34F18O7. The smallest absolute Gasteiger partial charge is 0.426 e. The Balaban J connectivity index is 1.94. The number of ether oxygens (including phenoxy) is 3. The number of carbonyl (C=O) groups excluding carboxylic acids is 2. The van der Waals surface area contributed by atoms with Gasteiger partial charge in [0.25, 0.3) is 16.8 Å². The standard InChI is InChI=1S/C32H34F18O7/c1-13(2)22(51)57-21-7-4-15-8-16(5-6-20(15)21)26(31(45,46)47,32(48,49)50)55-12-14(3)23(52)56-19-10-17(24(53,27(33,34)35)28(36,37)38)9-18(11-19)25(54,29(39,40)41)30(42,43)44/h15-21,53-54H,1,3-12H2,2H3. The quantitative estimate of drug-likeness (QED) is 0.129. The Bertz CT molecular complexity index is 1420. The summed E-state index contributed by atoms with van der Waals surface area (Å²) in [6.07, 6.45) is -52.7. The van der Waals surface area contributed by atoms with Crippen LogP contribution in [0.5, 0.6) is 0 Å². The molecule has 0 amide bonds. The SMILES string of the molecule is C=C(C)C(=O)OC1CCC2CC(C(OCC(=C)C(=O)OC3CC(C(O)(C(F)(F)F)C(F)(F)F)CC(C(O)(C(F)(F)F)C(F)(F)F)C3)(C(F)(F)F)C(F)(F)F)CCC21. The molecule has 0 heterocycles. The van der Waals surface area contributed by atoms with E-state index in [1.165, 1.54) is 6.92 Å². The number of hydrogen-bond donors (Lipinski definition) is 2. The molecule has 25 heteroatoms. The molecule has 0 radical (unpaired) electrons. The summed E-state index contributed by atoms with van der Waals surface area (Å²) in [7, 11) is 0. The second kappa shape index (κ2) is 15.6. The van der Waals surface area contributed by atoms with Gasteiger partial charge in [-0.25, -0.2) is 9.59 Å². The van der Waals surface area contributed by atoms with Gasteiger partial charge in [-0.05, 0) is 70.1 Å². The molecule has 3 rings (SSSR count). The van der Waals surface area contributed by atoms with Crippen LogP contribution in [0, 0.1) is 29.6 Å². The summed E-state index contributed by atoms with van der Waals surface area (Å²) in [5, 5.41) is 19.7. The lowest BCUT2D eigenvalue weighted by Gasteiger charge is -2.48. The topological polar surface area (TPSA) is 102 Å². The van der Waals surface area contributed by atoms with E-state index >= 15 is 0 Å². The van der Waals surface area contributed by atoms with Crippen molar-refractivity contribution in [1.29, 1.82) is 0 Å². The zero-order chi connectivity index (χ0) is 44.3. The van der Waals surface area contributed by atoms with Crippen LogP contribution in [0.15, 0.2) is 24.3 Å². The summed E-state index contributed by atoms with van der Waals surface area (Å²) < 4.78 is 266. The van der Waals surface area contributed by atoms with E-state index in [0.29, 0.717) is 0 Å². The van der Waals surface area contributed by atoms with E-state index in [1.807, 2.05) is 0 Å². The molecule has 3 fully saturated rings. The van der Waals surface area contributed by atoms with Crippen LogP contribution in [0.2, 0.25) is 0 Å². The van der Waals surface area contributed by atoms with E-state index in [-0.39, 0.29) is 24.8 Å². The molecule has 0 spiro atoms. The largest absolute Gasteiger partial charge is 0.459 e. The monoisotopic (exact) mass is 872 g/mol. The van der Waals surface area contributed by atoms with Crippen LogP contribution in [0.4, 0.5) is 79.0 Å². The minimum Gasteiger partial charge on any atom is -0.459 e. The number of alkyl halides is 18. The first kappa shape index (κ1) is 48.4. The van der Waals surface area contributed by atoms with Crippen molar-refractivity contribution in [3.05, 3.63) is 24.3 Å². The summed E-state index contributed by atoms with van der Waals surface area (Å²) in [5.41, 5.74) is -19.0. The zero-order valence-corrected chi connectivity index (χ0v) is 29.1. The maximum absolute atomic E-state index is 14.6. The second-order valence-corrected chi connectivity index (χ2v) is 14.5. The third kappa shape index (κ3) is 8.84. The highest BCUT2D eigenvalue weighted by Crippen LogP contribution is 2.60. The summed E-state index contributed by atoms with van der Waals surface area (Å²) >= 11 is 0. The van der Waals surface area contributed by atoms with Crippen LogP contribution in [0.3, 0.4) is 0 Å². The van der Waals surface area contributed by atoms with Gasteiger partial charge in [0.05, 0.1) is 12.2 Å². The van der Waals surface area contributed by atoms with Crippen molar-refractivity contribution >= 4 is 11.9 Å². The van der Waals surface area contributed by atoms with Gasteiger partial charge in [0.2, 0.25) is 0 Å². The van der Waals surface area contributed by atoms with Crippen LogP contribution in [0.1, 0.15) is 58.3 Å². The lowest BCUT2D eigenvalue weighted by atomic mass is 9.65. The highest BCUT2D eigenvalue weighted by Gasteiger charge is 2.79. The minimum absolute atomic E-state index is 0.000878. The molecule has 3 aliphatic rings. The molecule has 2 N–H and O–H groups in total. The minimum atomic E-state index is -6.88. The van der Waals surface area contributed by atoms with Crippen LogP contribution in [-0.4, -0.2) is 94.8 Å². The molecule has 0 aromatic heterocycles. The Morgan fingerprint density at radius 3 is 1.39 bits per heavy atom. The molecule has 0 aliphatic heterocycles. The maximum atomic E-state index is 14.6. The van der Waals surface area contributed by atoms with Crippen LogP contribution >= 0.6 is 0 Å². The lowest BCUT2D eigenvalue weighted by Crippen LogP contribution is -2.67. The van der Waals surface area contributed by atoms with Crippen molar-refractivity contribution in [2.45, 2.75) is 124 Å². The highest BCUT2D eigenvalue weighted by molar-refractivity contribution is 5.88. The van der Waals surface area contributed by atoms with Crippen LogP contribution < -0.4 is 0 Å². The number of halogens is 18. The first-order valence-electron chi connectivity index (χ1n) is 16.6. The Hall–Kier alpha value is -2.96. The van der Waals surface area contributed by atoms with Crippen molar-refractivity contribution in [2.75, 3.05) is 6.61 Å². The van der Waals surface area contributed by atoms with Gasteiger partial charge >= 0.3 is 49.0 Å². The van der Waals surface area contributed by atoms with Gasteiger partial charge in [-0.3, -0.25) is 0 Å². The average Bonchev–Trinajstić information content (AvgIpc) is 3.42. The predicted octanol–water partition coefficient (Wildman–Crippen LogP) is 8.78. The van der Waals surface area contributed by atoms with Gasteiger partial charge < -0.3 is 24.4 Å². The summed E-state index contributed by atoms with van der Waals surface area (Å²) in [5.74, 6) is -14.8. The van der Waals surface area contributed by atoms with Crippen LogP contribution in [-0.2, 0) is 23.8 Å². The summed E-state index contributed by atoms with van der Waals surface area (Å²) in [6.45, 7) is 5.37. The third-order valence-electron chi connectivity index (χ3n) is 11.0. The molecule has 7 nitrogen and oxygen atoms in total. The molecule has 3 aliphatic carbocycles. The molecule has 330 valence electrons. The van der Waals surface area contributed by atoms with Crippen LogP contribution in [0.25, 0.3) is 0 Å². The predicted molar refractivity (Wildman–Crippen MR) is 153 cm³/mol. The molecule has 0 bridgehead atoms. The van der Waals surface area contributed by atoms with E-state index < -0.39 is 152 Å². The van der Waals surface area contributed by atoms with Gasteiger partial charge in [-0.2, -0.15) is 79.0 Å². The molecule has 0 aromatic rings. The zero-order valence-electron chi connectivity index (χ0n) is 29.1. The fourth-order valence-corrected chi connectivity index (χ4v) is 8.15. The number of rotatable bonds is 10. The van der Waals surface area contributed by atoms with Gasteiger partial charge in [0.15, 0.2) is 0 Å². The highest BCUT2D eigenvalue weighted by atomic mass is 19.4. The van der Waals surface area contributed by atoms with Gasteiger partial charge in [-0.15, -0.1) is 0 Å². The number of carbonyl (C=O) groups is 2. The normalized spacial score (nSPS) is 27.4. The van der Waals surface area contributed by atoms with E-state index in [9.17, 15) is 98.8 Å². The lowest BCUT2D eigenvalue weighted by molar-refractivity contribution is -0.405.